The van der Waals surface area contributed by atoms with E-state index in [4.69, 9.17) is 0 Å². The second kappa shape index (κ2) is 6.47. The van der Waals surface area contributed by atoms with Crippen molar-refractivity contribution in [3.63, 3.8) is 0 Å². The van der Waals surface area contributed by atoms with E-state index in [1.807, 2.05) is 31.3 Å². The van der Waals surface area contributed by atoms with Gasteiger partial charge in [0, 0.05) is 30.7 Å². The summed E-state index contributed by atoms with van der Waals surface area (Å²) in [4.78, 5) is 13.7. The molecule has 19 heavy (non-hydrogen) atoms. The van der Waals surface area contributed by atoms with Gasteiger partial charge < -0.3 is 4.90 Å². The van der Waals surface area contributed by atoms with Crippen molar-refractivity contribution in [1.82, 2.24) is 19.9 Å². The minimum absolute atomic E-state index is 0.0891. The number of nitrogens with zero attached hydrogens (tertiary/aromatic N) is 4. The molecular formula is C13H15BrN4O. The molecular weight excluding hydrogens is 308 g/mol. The summed E-state index contributed by atoms with van der Waals surface area (Å²) in [5, 5.41) is 7.54. The van der Waals surface area contributed by atoms with Crippen LogP contribution in [0.5, 0.6) is 0 Å². The Balaban J connectivity index is 1.87. The molecule has 0 spiro atoms. The molecule has 2 aromatic rings. The molecule has 0 unspecified atom stereocenters. The van der Waals surface area contributed by atoms with E-state index in [2.05, 4.69) is 26.2 Å². The minimum atomic E-state index is 0.0891. The molecule has 1 aromatic carbocycles. The topological polar surface area (TPSA) is 51.0 Å². The summed E-state index contributed by atoms with van der Waals surface area (Å²) in [6.45, 7) is 1.15. The van der Waals surface area contributed by atoms with Gasteiger partial charge in [-0.25, -0.2) is 0 Å². The maximum atomic E-state index is 12.0. The monoisotopic (exact) mass is 322 g/mol. The maximum Gasteiger partial charge on any atom is 0.224 e. The fourth-order valence-corrected chi connectivity index (χ4v) is 2.13. The first kappa shape index (κ1) is 13.7. The van der Waals surface area contributed by atoms with Crippen LogP contribution >= 0.6 is 15.9 Å². The van der Waals surface area contributed by atoms with Gasteiger partial charge in [0.1, 0.15) is 0 Å². The fraction of sp³-hybridized carbons (Fsp3) is 0.308. The molecule has 0 aliphatic heterocycles. The van der Waals surface area contributed by atoms with Crippen LogP contribution in [0.2, 0.25) is 0 Å². The summed E-state index contributed by atoms with van der Waals surface area (Å²) in [5.74, 6) is 0.0891. The molecule has 0 N–H and O–H groups in total. The standard InChI is InChI=1S/C13H15BrN4O/c1-17(10-11-4-2-3-5-12(11)14)13(19)6-8-18-9-7-15-16-18/h2-5,7,9H,6,8,10H2,1H3. The Labute approximate surface area is 120 Å². The van der Waals surface area contributed by atoms with Gasteiger partial charge in [0.25, 0.3) is 0 Å². The first-order valence-corrected chi connectivity index (χ1v) is 6.77. The van der Waals surface area contributed by atoms with Crippen molar-refractivity contribution in [3.8, 4) is 0 Å². The molecule has 0 radical (unpaired) electrons. The Kier molecular flexibility index (Phi) is 4.68. The molecule has 1 heterocycles. The van der Waals surface area contributed by atoms with E-state index in [1.54, 1.807) is 22.0 Å². The molecule has 1 amide bonds. The lowest BCUT2D eigenvalue weighted by atomic mass is 10.2. The van der Waals surface area contributed by atoms with E-state index in [0.29, 0.717) is 19.5 Å². The van der Waals surface area contributed by atoms with E-state index >= 15 is 0 Å². The van der Waals surface area contributed by atoms with Gasteiger partial charge in [0.05, 0.1) is 12.7 Å². The fourth-order valence-electron chi connectivity index (χ4n) is 1.72. The maximum absolute atomic E-state index is 12.0. The highest BCUT2D eigenvalue weighted by Gasteiger charge is 2.10. The average Bonchev–Trinajstić information content (AvgIpc) is 2.91. The molecule has 0 aliphatic carbocycles. The van der Waals surface area contributed by atoms with Gasteiger partial charge in [-0.15, -0.1) is 5.10 Å². The van der Waals surface area contributed by atoms with Crippen molar-refractivity contribution in [1.29, 1.82) is 0 Å². The quantitative estimate of drug-likeness (QED) is 0.847. The smallest absolute Gasteiger partial charge is 0.224 e. The number of benzene rings is 1. The van der Waals surface area contributed by atoms with Crippen LogP contribution in [-0.4, -0.2) is 32.8 Å². The van der Waals surface area contributed by atoms with Crippen LogP contribution in [0.4, 0.5) is 0 Å². The third kappa shape index (κ3) is 3.89. The highest BCUT2D eigenvalue weighted by Crippen LogP contribution is 2.17. The highest BCUT2D eigenvalue weighted by atomic mass is 79.9. The average molecular weight is 323 g/mol. The first-order chi connectivity index (χ1) is 9.16. The number of hydrogen-bond acceptors (Lipinski definition) is 3. The largest absolute Gasteiger partial charge is 0.341 e. The van der Waals surface area contributed by atoms with Gasteiger partial charge in [-0.3, -0.25) is 9.48 Å². The van der Waals surface area contributed by atoms with Crippen molar-refractivity contribution in [2.75, 3.05) is 7.05 Å². The number of carbonyl (C=O) groups is 1. The number of rotatable bonds is 5. The zero-order chi connectivity index (χ0) is 13.7. The molecule has 0 saturated heterocycles. The summed E-state index contributed by atoms with van der Waals surface area (Å²) in [7, 11) is 1.81. The zero-order valence-electron chi connectivity index (χ0n) is 10.7. The number of halogens is 1. The number of amides is 1. The lowest BCUT2D eigenvalue weighted by molar-refractivity contribution is -0.130. The molecule has 0 fully saturated rings. The summed E-state index contributed by atoms with van der Waals surface area (Å²) < 4.78 is 2.68. The summed E-state index contributed by atoms with van der Waals surface area (Å²) in [6, 6.07) is 7.91. The lowest BCUT2D eigenvalue weighted by Gasteiger charge is -2.18. The third-order valence-electron chi connectivity index (χ3n) is 2.82. The SMILES string of the molecule is CN(Cc1ccccc1Br)C(=O)CCn1ccnn1. The summed E-state index contributed by atoms with van der Waals surface area (Å²) >= 11 is 3.48. The van der Waals surface area contributed by atoms with Crippen molar-refractivity contribution in [2.45, 2.75) is 19.5 Å². The molecule has 6 heteroatoms. The Morgan fingerprint density at radius 2 is 2.21 bits per heavy atom. The van der Waals surface area contributed by atoms with Gasteiger partial charge in [-0.05, 0) is 11.6 Å². The van der Waals surface area contributed by atoms with Crippen LogP contribution in [0.3, 0.4) is 0 Å². The van der Waals surface area contributed by atoms with E-state index < -0.39 is 0 Å². The van der Waals surface area contributed by atoms with Crippen molar-refractivity contribution in [2.24, 2.45) is 0 Å². The molecule has 2 rings (SSSR count). The molecule has 0 atom stereocenters. The Morgan fingerprint density at radius 1 is 1.42 bits per heavy atom. The van der Waals surface area contributed by atoms with Crippen LogP contribution in [0.25, 0.3) is 0 Å². The third-order valence-corrected chi connectivity index (χ3v) is 3.59. The lowest BCUT2D eigenvalue weighted by Crippen LogP contribution is -2.27. The van der Waals surface area contributed by atoms with Crippen molar-refractivity contribution >= 4 is 21.8 Å². The normalized spacial score (nSPS) is 10.4. The number of aromatic nitrogens is 3. The van der Waals surface area contributed by atoms with Crippen molar-refractivity contribution in [3.05, 3.63) is 46.7 Å². The highest BCUT2D eigenvalue weighted by molar-refractivity contribution is 9.10. The Morgan fingerprint density at radius 3 is 2.89 bits per heavy atom. The second-order valence-electron chi connectivity index (χ2n) is 4.26. The molecule has 100 valence electrons. The van der Waals surface area contributed by atoms with E-state index in [-0.39, 0.29) is 5.91 Å². The molecule has 0 aliphatic rings. The number of carbonyl (C=O) groups excluding carboxylic acids is 1. The molecule has 1 aromatic heterocycles. The predicted octanol–water partition coefficient (Wildman–Crippen LogP) is 2.09. The number of aryl methyl sites for hydroxylation is 1. The Bertz CT molecular complexity index is 541. The number of hydrogen-bond donors (Lipinski definition) is 0. The minimum Gasteiger partial charge on any atom is -0.341 e. The van der Waals surface area contributed by atoms with Crippen molar-refractivity contribution < 1.29 is 4.79 Å². The summed E-state index contributed by atoms with van der Waals surface area (Å²) in [6.07, 6.45) is 3.78. The van der Waals surface area contributed by atoms with E-state index in [9.17, 15) is 4.79 Å². The van der Waals surface area contributed by atoms with Gasteiger partial charge in [-0.1, -0.05) is 39.3 Å². The van der Waals surface area contributed by atoms with Crippen LogP contribution in [0.15, 0.2) is 41.1 Å². The summed E-state index contributed by atoms with van der Waals surface area (Å²) in [5.41, 5.74) is 1.10. The van der Waals surface area contributed by atoms with Gasteiger partial charge >= 0.3 is 0 Å². The molecule has 0 saturated carbocycles. The van der Waals surface area contributed by atoms with Gasteiger partial charge in [0.2, 0.25) is 5.91 Å². The first-order valence-electron chi connectivity index (χ1n) is 5.98. The van der Waals surface area contributed by atoms with E-state index in [0.717, 1.165) is 10.0 Å². The van der Waals surface area contributed by atoms with Gasteiger partial charge in [-0.2, -0.15) is 0 Å². The molecule has 5 nitrogen and oxygen atoms in total. The van der Waals surface area contributed by atoms with Crippen LogP contribution < -0.4 is 0 Å². The second-order valence-corrected chi connectivity index (χ2v) is 5.11. The van der Waals surface area contributed by atoms with Gasteiger partial charge in [0.15, 0.2) is 0 Å². The zero-order valence-corrected chi connectivity index (χ0v) is 12.2. The predicted molar refractivity (Wildman–Crippen MR) is 75.3 cm³/mol. The van der Waals surface area contributed by atoms with E-state index in [1.165, 1.54) is 0 Å². The van der Waals surface area contributed by atoms with Crippen LogP contribution in [0, 0.1) is 0 Å². The molecule has 0 bridgehead atoms. The van der Waals surface area contributed by atoms with Crippen LogP contribution in [-0.2, 0) is 17.9 Å². The Hall–Kier alpha value is -1.69. The van der Waals surface area contributed by atoms with Crippen LogP contribution in [0.1, 0.15) is 12.0 Å².